The third kappa shape index (κ3) is 18.4. The number of carbonyl (C=O) groups is 2. The van der Waals surface area contributed by atoms with Gasteiger partial charge in [0.2, 0.25) is 5.91 Å². The fourth-order valence-corrected chi connectivity index (χ4v) is 12.0. The van der Waals surface area contributed by atoms with E-state index in [1.54, 1.807) is 33.2 Å². The van der Waals surface area contributed by atoms with Crippen molar-refractivity contribution >= 4 is 40.8 Å². The first-order valence-electron chi connectivity index (χ1n) is 22.7. The van der Waals surface area contributed by atoms with Crippen molar-refractivity contribution in [3.05, 3.63) is 22.3 Å². The van der Waals surface area contributed by atoms with Crippen molar-refractivity contribution in [2.24, 2.45) is 17.8 Å². The van der Waals surface area contributed by atoms with Crippen molar-refractivity contribution in [1.82, 2.24) is 10.2 Å². The highest BCUT2D eigenvalue weighted by Gasteiger charge is 2.36. The smallest absolute Gasteiger partial charge is 0.257 e. The Morgan fingerprint density at radius 3 is 2.31 bits per heavy atom. The zero-order valence-corrected chi connectivity index (χ0v) is 40.7. The van der Waals surface area contributed by atoms with Crippen LogP contribution in [0.2, 0.25) is 0 Å². The molecule has 6 atom stereocenters. The number of hydrogen-bond donors (Lipinski definition) is 3. The van der Waals surface area contributed by atoms with E-state index in [4.69, 9.17) is 19.1 Å². The molecule has 1 fully saturated rings. The summed E-state index contributed by atoms with van der Waals surface area (Å²) < 4.78 is 30.9. The predicted molar refractivity (Wildman–Crippen MR) is 248 cm³/mol. The van der Waals surface area contributed by atoms with Crippen LogP contribution in [0, 0.1) is 38.5 Å². The van der Waals surface area contributed by atoms with Crippen LogP contribution in [-0.2, 0) is 25.1 Å². The Labute approximate surface area is 366 Å². The molecule has 0 spiro atoms. The minimum Gasteiger partial charge on any atom is -0.487 e. The van der Waals surface area contributed by atoms with Gasteiger partial charge in [0, 0.05) is 55.4 Å². The second kappa shape index (κ2) is 26.3. The summed E-state index contributed by atoms with van der Waals surface area (Å²) in [4.78, 5) is 27.4. The number of carbonyl (C=O) groups excluding carboxylic acids is 2. The molecule has 340 valence electrons. The maximum absolute atomic E-state index is 12.9. The average molecular weight is 885 g/mol. The molecular weight excluding hydrogens is 804 g/mol. The van der Waals surface area contributed by atoms with Crippen molar-refractivity contribution in [3.8, 4) is 11.5 Å². The molecule has 13 heteroatoms. The molecule has 3 N–H and O–H groups in total. The Hall–Kier alpha value is -1.43. The molecule has 3 rings (SSSR count). The molecule has 2 amide bonds. The van der Waals surface area contributed by atoms with Crippen molar-refractivity contribution in [2.75, 3.05) is 57.2 Å². The third-order valence-corrected chi connectivity index (χ3v) is 16.7. The minimum absolute atomic E-state index is 0.00585. The minimum atomic E-state index is -2.85. The fraction of sp³-hybridized carbons (Fsp3) is 0.826. The first-order chi connectivity index (χ1) is 27.9. The van der Waals surface area contributed by atoms with Crippen LogP contribution in [0.1, 0.15) is 147 Å². The number of rotatable bonds is 29. The molecule has 1 aromatic rings. The topological polar surface area (TPSA) is 135 Å². The van der Waals surface area contributed by atoms with E-state index in [2.05, 4.69) is 60.7 Å². The summed E-state index contributed by atoms with van der Waals surface area (Å²) in [6.45, 7) is 20.2. The van der Waals surface area contributed by atoms with Crippen LogP contribution in [0.4, 0.5) is 0 Å². The molecule has 0 radical (unpaired) electrons. The number of likely N-dealkylation sites (tertiary alicyclic amines) is 1. The van der Waals surface area contributed by atoms with Gasteiger partial charge in [-0.3, -0.25) is 14.2 Å². The number of aliphatic hydroxyl groups excluding tert-OH is 2. The molecule has 1 aromatic carbocycles. The monoisotopic (exact) mass is 885 g/mol. The Morgan fingerprint density at radius 1 is 0.966 bits per heavy atom. The molecule has 0 aromatic heterocycles. The van der Waals surface area contributed by atoms with Gasteiger partial charge >= 0.3 is 0 Å². The average Bonchev–Trinajstić information content (AvgIpc) is 3.56. The van der Waals surface area contributed by atoms with Gasteiger partial charge in [-0.25, -0.2) is 0 Å². The first-order valence-corrected chi connectivity index (χ1v) is 27.4. The number of benzene rings is 1. The van der Waals surface area contributed by atoms with E-state index in [1.807, 2.05) is 0 Å². The second-order valence-corrected chi connectivity index (χ2v) is 23.9. The Balaban J connectivity index is 1.32. The van der Waals surface area contributed by atoms with Crippen molar-refractivity contribution < 1.29 is 38.4 Å². The van der Waals surface area contributed by atoms with Gasteiger partial charge in [0.1, 0.15) is 17.1 Å². The summed E-state index contributed by atoms with van der Waals surface area (Å²) in [5, 5.41) is 22.1. The largest absolute Gasteiger partial charge is 0.487 e. The highest BCUT2D eigenvalue weighted by Crippen LogP contribution is 2.46. The molecule has 10 nitrogen and oxygen atoms in total. The quantitative estimate of drug-likeness (QED) is 0.0406. The van der Waals surface area contributed by atoms with E-state index in [9.17, 15) is 19.3 Å². The zero-order chi connectivity index (χ0) is 43.6. The van der Waals surface area contributed by atoms with Gasteiger partial charge in [0.05, 0.1) is 19.3 Å². The normalized spacial score (nSPS) is 21.2. The van der Waals surface area contributed by atoms with Gasteiger partial charge in [-0.1, -0.05) is 94.2 Å². The predicted octanol–water partition coefficient (Wildman–Crippen LogP) is 10.1. The maximum atomic E-state index is 12.9. The molecule has 2 heterocycles. The molecule has 0 saturated carbocycles. The van der Waals surface area contributed by atoms with E-state index in [-0.39, 0.29) is 43.3 Å². The highest BCUT2D eigenvalue weighted by atomic mass is 33.1. The van der Waals surface area contributed by atoms with Gasteiger partial charge in [0.25, 0.3) is 5.91 Å². The molecule has 59 heavy (non-hydrogen) atoms. The number of ether oxygens (including phenoxy) is 2. The van der Waals surface area contributed by atoms with Crippen molar-refractivity contribution in [2.45, 2.75) is 169 Å². The first kappa shape index (κ1) is 51.9. The van der Waals surface area contributed by atoms with Crippen molar-refractivity contribution in [1.29, 1.82) is 0 Å². The van der Waals surface area contributed by atoms with Gasteiger partial charge < -0.3 is 34.4 Å². The van der Waals surface area contributed by atoms with E-state index >= 15 is 0 Å². The zero-order valence-electron chi connectivity index (χ0n) is 38.2. The molecule has 1 saturated heterocycles. The molecule has 0 bridgehead atoms. The SMILES string of the molecule is Cc1c(C)c2c(c(C)c1OCC(=O)NCCSSCCCC(=O)N1C[C@H](O)C[C@H]1CCP(C)(=O)OCCO)CCC(C)(CCCC(C)CCCC(C)CCCC(C)C)O2. The standard InChI is InChI=1S/C46H81N2O8PS2/c1-33(2)14-10-15-34(3)16-11-17-35(4)18-12-22-46(8)23-20-41-38(7)44(36(5)37(6)45(41)56-46)54-32-42(51)47-24-29-59-58-28-13-19-43(52)48-31-40(50)30-39(48)21-27-57(9,53)55-26-25-49/h33-35,39-40,49-50H,10-32H2,1-9H3,(H,47,51)/t34?,35?,39-,40-,46?,57?/m1/s1. The second-order valence-electron chi connectivity index (χ2n) is 18.5. The lowest BCUT2D eigenvalue weighted by molar-refractivity contribution is -0.132. The lowest BCUT2D eigenvalue weighted by Gasteiger charge is -2.38. The lowest BCUT2D eigenvalue weighted by Crippen LogP contribution is -2.37. The van der Waals surface area contributed by atoms with Crippen LogP contribution in [0.3, 0.4) is 0 Å². The van der Waals surface area contributed by atoms with Crippen molar-refractivity contribution in [3.63, 3.8) is 0 Å². The summed E-state index contributed by atoms with van der Waals surface area (Å²) >= 11 is 0. The number of amides is 2. The molecule has 0 aliphatic carbocycles. The summed E-state index contributed by atoms with van der Waals surface area (Å²) in [6, 6.07) is -0.153. The summed E-state index contributed by atoms with van der Waals surface area (Å²) in [6.07, 6.45) is 15.4. The fourth-order valence-electron chi connectivity index (χ4n) is 8.59. The van der Waals surface area contributed by atoms with E-state index < -0.39 is 13.5 Å². The van der Waals surface area contributed by atoms with Crippen LogP contribution >= 0.6 is 29.0 Å². The Morgan fingerprint density at radius 2 is 1.63 bits per heavy atom. The van der Waals surface area contributed by atoms with Crippen LogP contribution in [0.25, 0.3) is 0 Å². The molecular formula is C46H81N2O8PS2. The van der Waals surface area contributed by atoms with E-state index in [0.29, 0.717) is 44.9 Å². The number of nitrogens with one attached hydrogen (secondary N) is 1. The van der Waals surface area contributed by atoms with Crippen LogP contribution in [0.5, 0.6) is 11.5 Å². The van der Waals surface area contributed by atoms with Gasteiger partial charge in [-0.05, 0) is 107 Å². The van der Waals surface area contributed by atoms with Gasteiger partial charge in [-0.2, -0.15) is 0 Å². The van der Waals surface area contributed by atoms with Crippen LogP contribution in [0.15, 0.2) is 0 Å². The number of aliphatic hydroxyl groups is 2. The summed E-state index contributed by atoms with van der Waals surface area (Å²) in [5.74, 6) is 5.60. The number of nitrogens with zero attached hydrogens (tertiary/aromatic N) is 1. The maximum Gasteiger partial charge on any atom is 0.257 e. The van der Waals surface area contributed by atoms with E-state index in [1.165, 1.54) is 56.9 Å². The van der Waals surface area contributed by atoms with Crippen LogP contribution < -0.4 is 14.8 Å². The molecule has 2 aliphatic heterocycles. The molecule has 4 unspecified atom stereocenters. The van der Waals surface area contributed by atoms with Gasteiger partial charge in [0.15, 0.2) is 14.0 Å². The number of fused-ring (bicyclic) bond motifs is 1. The van der Waals surface area contributed by atoms with Gasteiger partial charge in [-0.15, -0.1) is 0 Å². The third-order valence-electron chi connectivity index (χ3n) is 12.4. The summed E-state index contributed by atoms with van der Waals surface area (Å²) in [7, 11) is 0.495. The van der Waals surface area contributed by atoms with Crippen LogP contribution in [-0.4, -0.2) is 102 Å². The lowest BCUT2D eigenvalue weighted by atomic mass is 9.83. The Kier molecular flexibility index (Phi) is 23.1. The Bertz CT molecular complexity index is 1500. The molecule has 2 aliphatic rings. The summed E-state index contributed by atoms with van der Waals surface area (Å²) in [5.41, 5.74) is 4.24. The van der Waals surface area contributed by atoms with E-state index in [0.717, 1.165) is 76.7 Å². The number of β-amino-alcohol motifs (C(OH)–C–C–N with tert-alkyl or cyclic N) is 1. The highest BCUT2D eigenvalue weighted by molar-refractivity contribution is 8.76. The number of hydrogen-bond acceptors (Lipinski definition) is 10.